The first kappa shape index (κ1) is 15.1. The van der Waals surface area contributed by atoms with Crippen LogP contribution in [0.15, 0.2) is 43.0 Å². The molecule has 0 N–H and O–H groups in total. The monoisotopic (exact) mass is 286 g/mol. The average molecular weight is 286 g/mol. The molecule has 0 bridgehead atoms. The van der Waals surface area contributed by atoms with E-state index in [1.54, 1.807) is 34.0 Å². The van der Waals surface area contributed by atoms with E-state index in [2.05, 4.69) is 5.10 Å². The molecule has 0 saturated carbocycles. The van der Waals surface area contributed by atoms with Crippen LogP contribution < -0.4 is 4.57 Å². The van der Waals surface area contributed by atoms with Gasteiger partial charge in [-0.05, 0) is 0 Å². The minimum Gasteiger partial charge on any atom is -0.295 e. The number of carbonyl (C=O) groups excluding carboxylic acids is 2. The molecule has 0 aliphatic heterocycles. The van der Waals surface area contributed by atoms with Crippen molar-refractivity contribution in [3.05, 3.63) is 48.5 Å². The van der Waals surface area contributed by atoms with Crippen LogP contribution in [0.4, 0.5) is 0 Å². The van der Waals surface area contributed by atoms with E-state index in [1.165, 1.54) is 0 Å². The van der Waals surface area contributed by atoms with E-state index < -0.39 is 0 Å². The lowest BCUT2D eigenvalue weighted by atomic mass is 9.91. The van der Waals surface area contributed by atoms with Crippen molar-refractivity contribution in [2.45, 2.75) is 33.9 Å². The van der Waals surface area contributed by atoms with Crippen LogP contribution >= 0.6 is 0 Å². The summed E-state index contributed by atoms with van der Waals surface area (Å²) in [7, 11) is 0. The second-order valence-electron chi connectivity index (χ2n) is 6.08. The van der Waals surface area contributed by atoms with Crippen LogP contribution in [0, 0.1) is 5.41 Å². The van der Waals surface area contributed by atoms with E-state index in [4.69, 9.17) is 0 Å². The summed E-state index contributed by atoms with van der Waals surface area (Å²) in [6.45, 7) is 6.10. The zero-order valence-corrected chi connectivity index (χ0v) is 12.6. The summed E-state index contributed by atoms with van der Waals surface area (Å²) in [4.78, 5) is 24.0. The first-order valence-corrected chi connectivity index (χ1v) is 6.89. The van der Waals surface area contributed by atoms with Gasteiger partial charge in [0.15, 0.2) is 18.1 Å². The molecule has 5 nitrogen and oxygen atoms in total. The highest BCUT2D eigenvalue weighted by atomic mass is 16.1. The van der Waals surface area contributed by atoms with Gasteiger partial charge in [-0.2, -0.15) is 0 Å². The van der Waals surface area contributed by atoms with E-state index >= 15 is 0 Å². The number of carbonyl (C=O) groups is 2. The minimum absolute atomic E-state index is 0.00648. The van der Waals surface area contributed by atoms with Gasteiger partial charge in [0.05, 0.1) is 0 Å². The Morgan fingerprint density at radius 3 is 2.48 bits per heavy atom. The molecule has 0 spiro atoms. The van der Waals surface area contributed by atoms with E-state index in [9.17, 15) is 9.59 Å². The Labute approximate surface area is 124 Å². The third-order valence-corrected chi connectivity index (χ3v) is 3.19. The molecule has 0 aliphatic carbocycles. The zero-order chi connectivity index (χ0) is 15.5. The van der Waals surface area contributed by atoms with E-state index in [0.717, 1.165) is 0 Å². The first-order chi connectivity index (χ1) is 9.86. The Balaban J connectivity index is 2.01. The third kappa shape index (κ3) is 4.08. The minimum atomic E-state index is -0.380. The molecule has 5 heteroatoms. The number of Topliss-reactive ketones (excluding diaryl/α,β-unsaturated/α-hetero) is 2. The van der Waals surface area contributed by atoms with E-state index in [-0.39, 0.29) is 30.1 Å². The standard InChI is InChI=1S/C16H20N3O2/c1-16(2,3)15(21)10-18-11-17-19(12-18)9-14(20)13-7-5-4-6-8-13/h4-8,11-12H,9-10H2,1-3H3/q+1. The molecule has 0 atom stereocenters. The molecule has 0 unspecified atom stereocenters. The molecule has 1 aromatic carbocycles. The van der Waals surface area contributed by atoms with Crippen molar-refractivity contribution in [3.8, 4) is 0 Å². The molecule has 0 aliphatic rings. The Morgan fingerprint density at radius 2 is 1.86 bits per heavy atom. The lowest BCUT2D eigenvalue weighted by Crippen LogP contribution is -2.40. The number of nitrogens with zero attached hydrogens (tertiary/aromatic N) is 3. The van der Waals surface area contributed by atoms with Crippen LogP contribution in [-0.4, -0.2) is 21.3 Å². The molecule has 1 heterocycles. The quantitative estimate of drug-likeness (QED) is 0.620. The van der Waals surface area contributed by atoms with Crippen LogP contribution in [-0.2, 0) is 17.9 Å². The maximum atomic E-state index is 12.1. The lowest BCUT2D eigenvalue weighted by molar-refractivity contribution is -0.685. The summed E-state index contributed by atoms with van der Waals surface area (Å²) >= 11 is 0. The number of hydrogen-bond donors (Lipinski definition) is 0. The van der Waals surface area contributed by atoms with Gasteiger partial charge in [-0.3, -0.25) is 9.59 Å². The third-order valence-electron chi connectivity index (χ3n) is 3.19. The summed E-state index contributed by atoms with van der Waals surface area (Å²) in [5, 5.41) is 4.12. The van der Waals surface area contributed by atoms with Crippen LogP contribution in [0.1, 0.15) is 31.1 Å². The summed E-state index contributed by atoms with van der Waals surface area (Å²) in [5.41, 5.74) is 0.278. The normalized spacial score (nSPS) is 11.4. The number of benzene rings is 1. The molecule has 0 radical (unpaired) electrons. The van der Waals surface area contributed by atoms with Crippen LogP contribution in [0.25, 0.3) is 0 Å². The largest absolute Gasteiger partial charge is 0.295 e. The van der Waals surface area contributed by atoms with Crippen LogP contribution in [0.5, 0.6) is 0 Å². The Kier molecular flexibility index (Phi) is 4.31. The summed E-state index contributed by atoms with van der Waals surface area (Å²) < 4.78 is 3.25. The molecule has 110 valence electrons. The molecule has 2 rings (SSSR count). The van der Waals surface area contributed by atoms with Crippen molar-refractivity contribution in [1.29, 1.82) is 0 Å². The molecule has 0 amide bonds. The van der Waals surface area contributed by atoms with Gasteiger partial charge in [0.25, 0.3) is 6.33 Å². The fraction of sp³-hybridized carbons (Fsp3) is 0.375. The number of hydrogen-bond acceptors (Lipinski definition) is 3. The van der Waals surface area contributed by atoms with Gasteiger partial charge in [0.1, 0.15) is 6.54 Å². The highest BCUT2D eigenvalue weighted by Crippen LogP contribution is 2.13. The predicted molar refractivity (Wildman–Crippen MR) is 77.7 cm³/mol. The SMILES string of the molecule is CC(C)(C)C(=O)C[n+]1cnn(CC(=O)c2ccccc2)c1. The van der Waals surface area contributed by atoms with Crippen molar-refractivity contribution < 1.29 is 14.2 Å². The highest BCUT2D eigenvalue weighted by Gasteiger charge is 2.23. The lowest BCUT2D eigenvalue weighted by Gasteiger charge is -2.14. The molecule has 21 heavy (non-hydrogen) atoms. The van der Waals surface area contributed by atoms with Crippen molar-refractivity contribution in [3.63, 3.8) is 0 Å². The molecular weight excluding hydrogens is 266 g/mol. The summed E-state index contributed by atoms with van der Waals surface area (Å²) in [6, 6.07) is 9.10. The van der Waals surface area contributed by atoms with Crippen molar-refractivity contribution in [2.75, 3.05) is 0 Å². The van der Waals surface area contributed by atoms with Gasteiger partial charge in [0.2, 0.25) is 6.33 Å². The van der Waals surface area contributed by atoms with Gasteiger partial charge >= 0.3 is 0 Å². The first-order valence-electron chi connectivity index (χ1n) is 6.89. The maximum Gasteiger partial charge on any atom is 0.265 e. The summed E-state index contributed by atoms with van der Waals surface area (Å²) in [6.07, 6.45) is 3.26. The fourth-order valence-electron chi connectivity index (χ4n) is 1.79. The molecule has 1 aromatic heterocycles. The van der Waals surface area contributed by atoms with E-state index in [1.807, 2.05) is 39.0 Å². The predicted octanol–water partition coefficient (Wildman–Crippen LogP) is 1.67. The average Bonchev–Trinajstić information content (AvgIpc) is 2.86. The Morgan fingerprint density at radius 1 is 1.19 bits per heavy atom. The zero-order valence-electron chi connectivity index (χ0n) is 12.6. The molecular formula is C16H20N3O2+. The molecule has 0 saturated heterocycles. The summed E-state index contributed by atoms with van der Waals surface area (Å²) in [5.74, 6) is 0.120. The Hall–Kier alpha value is -2.30. The number of aromatic nitrogens is 3. The van der Waals surface area contributed by atoms with Crippen molar-refractivity contribution in [1.82, 2.24) is 9.78 Å². The second kappa shape index (κ2) is 5.99. The van der Waals surface area contributed by atoms with Gasteiger partial charge in [0, 0.05) is 16.1 Å². The molecule has 2 aromatic rings. The topological polar surface area (TPSA) is 55.8 Å². The Bertz CT molecular complexity index is 639. The van der Waals surface area contributed by atoms with Crippen LogP contribution in [0.2, 0.25) is 0 Å². The van der Waals surface area contributed by atoms with Gasteiger partial charge in [-0.15, -0.1) is 4.68 Å². The van der Waals surface area contributed by atoms with Crippen LogP contribution in [0.3, 0.4) is 0 Å². The number of rotatable bonds is 5. The van der Waals surface area contributed by atoms with Crippen molar-refractivity contribution in [2.24, 2.45) is 5.41 Å². The number of ketones is 2. The van der Waals surface area contributed by atoms with Crippen molar-refractivity contribution >= 4 is 11.6 Å². The fourth-order valence-corrected chi connectivity index (χ4v) is 1.79. The molecule has 0 fully saturated rings. The maximum absolute atomic E-state index is 12.1. The second-order valence-corrected chi connectivity index (χ2v) is 6.08. The van der Waals surface area contributed by atoms with Gasteiger partial charge < -0.3 is 0 Å². The smallest absolute Gasteiger partial charge is 0.265 e. The van der Waals surface area contributed by atoms with E-state index in [0.29, 0.717) is 5.56 Å². The van der Waals surface area contributed by atoms with Gasteiger partial charge in [-0.1, -0.05) is 51.1 Å². The van der Waals surface area contributed by atoms with Gasteiger partial charge in [-0.25, -0.2) is 4.57 Å². The highest BCUT2D eigenvalue weighted by molar-refractivity contribution is 5.95.